The van der Waals surface area contributed by atoms with Crippen molar-refractivity contribution in [2.45, 2.75) is 0 Å². The number of nitrogens with two attached hydrogens (primary N) is 1. The highest BCUT2D eigenvalue weighted by Crippen LogP contribution is 2.27. The molecule has 1 amide bonds. The van der Waals surface area contributed by atoms with E-state index in [9.17, 15) is 4.79 Å². The highest BCUT2D eigenvalue weighted by Gasteiger charge is 2.07. The van der Waals surface area contributed by atoms with Gasteiger partial charge in [0.2, 0.25) is 5.91 Å². The van der Waals surface area contributed by atoms with Gasteiger partial charge in [-0.2, -0.15) is 0 Å². The first-order chi connectivity index (χ1) is 8.15. The number of primary amides is 1. The Kier molecular flexibility index (Phi) is 2.32. The number of hydrogen-bond donors (Lipinski definition) is 2. The van der Waals surface area contributed by atoms with Crippen LogP contribution in [0.4, 0.5) is 0 Å². The van der Waals surface area contributed by atoms with Crippen molar-refractivity contribution in [2.75, 3.05) is 0 Å². The van der Waals surface area contributed by atoms with E-state index in [1.807, 2.05) is 18.2 Å². The second kappa shape index (κ2) is 3.73. The Bertz CT molecular complexity index is 746. The number of aromatic amines is 1. The molecule has 3 nitrogen and oxygen atoms in total. The number of aromatic nitrogens is 1. The molecule has 17 heavy (non-hydrogen) atoms. The Balaban J connectivity index is 2.41. The van der Waals surface area contributed by atoms with Gasteiger partial charge in [0.1, 0.15) is 0 Å². The van der Waals surface area contributed by atoms with Crippen molar-refractivity contribution in [3.05, 3.63) is 45.5 Å². The second-order valence-corrected chi connectivity index (χ2v) is 5.19. The zero-order chi connectivity index (χ0) is 12.0. The molecule has 0 aliphatic carbocycles. The predicted octanol–water partition coefficient (Wildman–Crippen LogP) is 3.02. The van der Waals surface area contributed by atoms with Crippen molar-refractivity contribution in [1.82, 2.24) is 4.98 Å². The number of nitrogens with one attached hydrogen (secondary N) is 1. The molecule has 3 N–H and O–H groups in total. The molecule has 0 radical (unpaired) electrons. The summed E-state index contributed by atoms with van der Waals surface area (Å²) in [6, 6.07) is 11.7. The van der Waals surface area contributed by atoms with Crippen LogP contribution in [-0.4, -0.2) is 10.9 Å². The average molecular weight is 336 g/mol. The molecule has 4 heteroatoms. The molecule has 3 rings (SSSR count). The van der Waals surface area contributed by atoms with Gasteiger partial charge in [0, 0.05) is 30.9 Å². The second-order valence-electron chi connectivity index (χ2n) is 3.94. The summed E-state index contributed by atoms with van der Waals surface area (Å²) in [6.07, 6.45) is 0. The van der Waals surface area contributed by atoms with Crippen LogP contribution in [0.3, 0.4) is 0 Å². The highest BCUT2D eigenvalue weighted by molar-refractivity contribution is 14.1. The molecule has 0 bridgehead atoms. The molecule has 1 aromatic heterocycles. The van der Waals surface area contributed by atoms with Gasteiger partial charge < -0.3 is 10.7 Å². The van der Waals surface area contributed by atoms with Crippen LogP contribution < -0.4 is 5.73 Å². The number of rotatable bonds is 1. The zero-order valence-corrected chi connectivity index (χ0v) is 11.0. The SMILES string of the molecule is NC(=O)c1ccc2[nH]c3cc(I)ccc3c2c1. The minimum absolute atomic E-state index is 0.397. The first-order valence-electron chi connectivity index (χ1n) is 5.16. The monoisotopic (exact) mass is 336 g/mol. The number of carbonyl (C=O) groups is 1. The molecule has 2 aromatic carbocycles. The summed E-state index contributed by atoms with van der Waals surface area (Å²) < 4.78 is 1.18. The van der Waals surface area contributed by atoms with Crippen molar-refractivity contribution >= 4 is 50.3 Å². The molecule has 0 saturated heterocycles. The van der Waals surface area contributed by atoms with E-state index < -0.39 is 5.91 Å². The third-order valence-electron chi connectivity index (χ3n) is 2.85. The van der Waals surface area contributed by atoms with Gasteiger partial charge in [-0.05, 0) is 52.9 Å². The summed E-state index contributed by atoms with van der Waals surface area (Å²) in [5.41, 5.74) is 7.93. The van der Waals surface area contributed by atoms with E-state index in [-0.39, 0.29) is 0 Å². The van der Waals surface area contributed by atoms with Crippen LogP contribution >= 0.6 is 22.6 Å². The van der Waals surface area contributed by atoms with Crippen LogP contribution in [0.5, 0.6) is 0 Å². The Morgan fingerprint density at radius 3 is 2.65 bits per heavy atom. The maximum absolute atomic E-state index is 11.2. The van der Waals surface area contributed by atoms with Crippen molar-refractivity contribution < 1.29 is 4.79 Å². The fourth-order valence-electron chi connectivity index (χ4n) is 2.03. The minimum Gasteiger partial charge on any atom is -0.366 e. The highest BCUT2D eigenvalue weighted by atomic mass is 127. The van der Waals surface area contributed by atoms with Crippen molar-refractivity contribution in [2.24, 2.45) is 5.73 Å². The minimum atomic E-state index is -0.397. The van der Waals surface area contributed by atoms with Gasteiger partial charge in [-0.25, -0.2) is 0 Å². The van der Waals surface area contributed by atoms with E-state index in [0.29, 0.717) is 5.56 Å². The molecule has 84 valence electrons. The smallest absolute Gasteiger partial charge is 0.248 e. The topological polar surface area (TPSA) is 58.9 Å². The number of hydrogen-bond acceptors (Lipinski definition) is 1. The van der Waals surface area contributed by atoms with Crippen molar-refractivity contribution in [3.8, 4) is 0 Å². The third kappa shape index (κ3) is 1.68. The first kappa shape index (κ1) is 10.6. The molecule has 0 fully saturated rings. The summed E-state index contributed by atoms with van der Waals surface area (Å²) in [6.45, 7) is 0. The van der Waals surface area contributed by atoms with Crippen LogP contribution in [0.1, 0.15) is 10.4 Å². The van der Waals surface area contributed by atoms with E-state index in [1.165, 1.54) is 3.57 Å². The molecule has 0 unspecified atom stereocenters. The standard InChI is InChI=1S/C13H9IN2O/c14-8-2-3-9-10-5-7(13(15)17)1-4-11(10)16-12(9)6-8/h1-6,16H,(H2,15,17). The van der Waals surface area contributed by atoms with Crippen molar-refractivity contribution in [1.29, 1.82) is 0 Å². The first-order valence-corrected chi connectivity index (χ1v) is 6.24. The molecule has 0 atom stereocenters. The van der Waals surface area contributed by atoms with Crippen LogP contribution in [0.2, 0.25) is 0 Å². The lowest BCUT2D eigenvalue weighted by molar-refractivity contribution is 0.100. The van der Waals surface area contributed by atoms with E-state index in [2.05, 4.69) is 39.7 Å². The van der Waals surface area contributed by atoms with E-state index >= 15 is 0 Å². The normalized spacial score (nSPS) is 11.1. The average Bonchev–Trinajstić information content (AvgIpc) is 2.64. The summed E-state index contributed by atoms with van der Waals surface area (Å²) in [7, 11) is 0. The number of amides is 1. The number of halogens is 1. The maximum Gasteiger partial charge on any atom is 0.248 e. The van der Waals surface area contributed by atoms with E-state index in [0.717, 1.165) is 21.8 Å². The number of carbonyl (C=O) groups excluding carboxylic acids is 1. The van der Waals surface area contributed by atoms with Gasteiger partial charge in [0.05, 0.1) is 0 Å². The fraction of sp³-hybridized carbons (Fsp3) is 0. The quantitative estimate of drug-likeness (QED) is 0.660. The van der Waals surface area contributed by atoms with Crippen LogP contribution in [-0.2, 0) is 0 Å². The summed E-state index contributed by atoms with van der Waals surface area (Å²) in [5.74, 6) is -0.397. The predicted molar refractivity (Wildman–Crippen MR) is 77.0 cm³/mol. The van der Waals surface area contributed by atoms with Gasteiger partial charge in [-0.3, -0.25) is 4.79 Å². The maximum atomic E-state index is 11.2. The zero-order valence-electron chi connectivity index (χ0n) is 8.83. The van der Waals surface area contributed by atoms with Crippen LogP contribution in [0, 0.1) is 3.57 Å². The molecule has 0 spiro atoms. The number of H-pyrrole nitrogens is 1. The lowest BCUT2D eigenvalue weighted by atomic mass is 10.1. The van der Waals surface area contributed by atoms with Gasteiger partial charge in [0.15, 0.2) is 0 Å². The van der Waals surface area contributed by atoms with E-state index in [4.69, 9.17) is 5.73 Å². The number of fused-ring (bicyclic) bond motifs is 3. The third-order valence-corrected chi connectivity index (χ3v) is 3.52. The van der Waals surface area contributed by atoms with Gasteiger partial charge >= 0.3 is 0 Å². The van der Waals surface area contributed by atoms with Gasteiger partial charge in [-0.1, -0.05) is 6.07 Å². The molecule has 1 heterocycles. The lowest BCUT2D eigenvalue weighted by Gasteiger charge is -1.96. The number of benzene rings is 2. The summed E-state index contributed by atoms with van der Waals surface area (Å²) >= 11 is 2.28. The Labute approximate surface area is 111 Å². The molecule has 3 aromatic rings. The molecular formula is C13H9IN2O. The Morgan fingerprint density at radius 1 is 1.06 bits per heavy atom. The molecule has 0 aliphatic rings. The van der Waals surface area contributed by atoms with Crippen LogP contribution in [0.15, 0.2) is 36.4 Å². The van der Waals surface area contributed by atoms with Crippen molar-refractivity contribution in [3.63, 3.8) is 0 Å². The van der Waals surface area contributed by atoms with Gasteiger partial charge in [0.25, 0.3) is 0 Å². The largest absolute Gasteiger partial charge is 0.366 e. The summed E-state index contributed by atoms with van der Waals surface area (Å²) in [5, 5.41) is 2.15. The lowest BCUT2D eigenvalue weighted by Crippen LogP contribution is -2.10. The Morgan fingerprint density at radius 2 is 1.88 bits per heavy atom. The molecule has 0 saturated carbocycles. The van der Waals surface area contributed by atoms with Gasteiger partial charge in [-0.15, -0.1) is 0 Å². The summed E-state index contributed by atoms with van der Waals surface area (Å²) in [4.78, 5) is 14.5. The fourth-order valence-corrected chi connectivity index (χ4v) is 2.52. The van der Waals surface area contributed by atoms with Crippen LogP contribution in [0.25, 0.3) is 21.8 Å². The molecular weight excluding hydrogens is 327 g/mol. The Hall–Kier alpha value is -1.56. The van der Waals surface area contributed by atoms with E-state index in [1.54, 1.807) is 6.07 Å². The molecule has 0 aliphatic heterocycles.